The number of amides is 1. The molecule has 178 valence electrons. The maximum Gasteiger partial charge on any atom is 0.250 e. The summed E-state index contributed by atoms with van der Waals surface area (Å²) in [5, 5.41) is 13.1. The average Bonchev–Trinajstić information content (AvgIpc) is 3.30. The molecule has 10 heteroatoms. The van der Waals surface area contributed by atoms with Crippen molar-refractivity contribution in [3.8, 4) is 22.8 Å². The minimum absolute atomic E-state index is 0.0439. The van der Waals surface area contributed by atoms with Crippen molar-refractivity contribution in [2.24, 2.45) is 5.10 Å². The lowest BCUT2D eigenvalue weighted by atomic mass is 10.2. The number of benzene rings is 3. The lowest BCUT2D eigenvalue weighted by Gasteiger charge is -2.11. The van der Waals surface area contributed by atoms with Gasteiger partial charge in [0, 0.05) is 21.3 Å². The minimum atomic E-state index is -0.433. The van der Waals surface area contributed by atoms with Gasteiger partial charge in [-0.15, -0.1) is 10.2 Å². The van der Waals surface area contributed by atoms with Gasteiger partial charge in [0.15, 0.2) is 11.0 Å². The molecule has 0 aliphatic rings. The highest BCUT2D eigenvalue weighted by Crippen LogP contribution is 2.28. The summed E-state index contributed by atoms with van der Waals surface area (Å²) < 4.78 is 22.0. The quantitative estimate of drug-likeness (QED) is 0.169. The number of hydrogen-bond acceptors (Lipinski definition) is 6. The molecule has 0 spiro atoms. The summed E-state index contributed by atoms with van der Waals surface area (Å²) in [5.74, 6) is 0.670. The topological polar surface area (TPSA) is 81.4 Å². The van der Waals surface area contributed by atoms with E-state index < -0.39 is 5.82 Å². The van der Waals surface area contributed by atoms with Gasteiger partial charge in [0.1, 0.15) is 11.6 Å². The zero-order valence-corrected chi connectivity index (χ0v) is 21.1. The molecule has 0 fully saturated rings. The molecule has 0 bridgehead atoms. The zero-order chi connectivity index (χ0) is 24.6. The highest BCUT2D eigenvalue weighted by Gasteiger charge is 2.17. The summed E-state index contributed by atoms with van der Waals surface area (Å²) in [6.45, 7) is 2.51. The number of nitrogens with one attached hydrogen (secondary N) is 1. The van der Waals surface area contributed by atoms with Crippen LogP contribution in [0.5, 0.6) is 5.75 Å². The van der Waals surface area contributed by atoms with Crippen molar-refractivity contribution in [1.29, 1.82) is 0 Å². The second-order valence-electron chi connectivity index (χ2n) is 7.18. The van der Waals surface area contributed by atoms with Crippen LogP contribution in [0.3, 0.4) is 0 Å². The molecule has 1 heterocycles. The van der Waals surface area contributed by atoms with Crippen LogP contribution in [-0.4, -0.2) is 39.2 Å². The predicted octanol–water partition coefficient (Wildman–Crippen LogP) is 5.48. The Morgan fingerprint density at radius 1 is 1.14 bits per heavy atom. The van der Waals surface area contributed by atoms with Gasteiger partial charge in [-0.05, 0) is 49.4 Å². The number of carbonyl (C=O) groups excluding carboxylic acids is 1. The second-order valence-corrected chi connectivity index (χ2v) is 9.04. The first-order chi connectivity index (χ1) is 17.0. The molecule has 1 N–H and O–H groups in total. The summed E-state index contributed by atoms with van der Waals surface area (Å²) in [6.07, 6.45) is 1.26. The average molecular weight is 554 g/mol. The summed E-state index contributed by atoms with van der Waals surface area (Å²) in [4.78, 5) is 12.4. The number of hydrogen-bond donors (Lipinski definition) is 1. The van der Waals surface area contributed by atoms with Gasteiger partial charge in [-0.2, -0.15) is 5.10 Å². The van der Waals surface area contributed by atoms with Crippen LogP contribution < -0.4 is 10.2 Å². The molecule has 0 aliphatic heterocycles. The van der Waals surface area contributed by atoms with E-state index >= 15 is 0 Å². The zero-order valence-electron chi connectivity index (χ0n) is 18.7. The molecule has 0 saturated carbocycles. The number of thioether (sulfide) groups is 1. The van der Waals surface area contributed by atoms with Crippen LogP contribution in [0.15, 0.2) is 87.5 Å². The van der Waals surface area contributed by atoms with Crippen LogP contribution in [0.25, 0.3) is 17.1 Å². The first-order valence-corrected chi connectivity index (χ1v) is 12.5. The van der Waals surface area contributed by atoms with Crippen molar-refractivity contribution >= 4 is 39.8 Å². The van der Waals surface area contributed by atoms with E-state index in [2.05, 4.69) is 36.7 Å². The molecule has 1 amide bonds. The summed E-state index contributed by atoms with van der Waals surface area (Å²) in [7, 11) is 0. The van der Waals surface area contributed by atoms with Gasteiger partial charge in [0.05, 0.1) is 18.6 Å². The number of nitrogens with zero attached hydrogens (tertiary/aromatic N) is 4. The normalized spacial score (nSPS) is 11.1. The van der Waals surface area contributed by atoms with Gasteiger partial charge in [0.2, 0.25) is 0 Å². The Bertz CT molecular complexity index is 1330. The Balaban J connectivity index is 1.51. The predicted molar refractivity (Wildman–Crippen MR) is 139 cm³/mol. The standard InChI is InChI=1S/C25H21BrFN5O2S/c1-2-34-21-11-9-20(10-12-21)32-24(17-6-4-3-5-7-17)30-31-25(32)35-16-23(33)29-28-15-18-14-19(26)8-13-22(18)27/h3-15H,2,16H2,1H3,(H,29,33). The Morgan fingerprint density at radius 2 is 1.91 bits per heavy atom. The Hall–Kier alpha value is -3.50. The van der Waals surface area contributed by atoms with Crippen LogP contribution >= 0.6 is 27.7 Å². The minimum Gasteiger partial charge on any atom is -0.494 e. The molecule has 4 rings (SSSR count). The van der Waals surface area contributed by atoms with Gasteiger partial charge in [-0.25, -0.2) is 9.82 Å². The Labute approximate surface area is 214 Å². The van der Waals surface area contributed by atoms with Crippen LogP contribution in [0.1, 0.15) is 12.5 Å². The van der Waals surface area contributed by atoms with Gasteiger partial charge >= 0.3 is 0 Å². The van der Waals surface area contributed by atoms with Gasteiger partial charge in [-0.3, -0.25) is 9.36 Å². The Kier molecular flexibility index (Phi) is 8.27. The summed E-state index contributed by atoms with van der Waals surface area (Å²) in [5.41, 5.74) is 4.41. The molecule has 0 atom stereocenters. The number of aromatic nitrogens is 3. The summed E-state index contributed by atoms with van der Waals surface area (Å²) >= 11 is 4.51. The van der Waals surface area contributed by atoms with Crippen molar-refractivity contribution in [3.05, 3.63) is 88.6 Å². The number of rotatable bonds is 9. The molecular formula is C25H21BrFN5O2S. The lowest BCUT2D eigenvalue weighted by Crippen LogP contribution is -2.20. The van der Waals surface area contributed by atoms with E-state index in [1.807, 2.05) is 66.1 Å². The van der Waals surface area contributed by atoms with E-state index in [0.717, 1.165) is 17.0 Å². The van der Waals surface area contributed by atoms with Crippen LogP contribution in [0, 0.1) is 5.82 Å². The van der Waals surface area contributed by atoms with E-state index in [9.17, 15) is 9.18 Å². The largest absolute Gasteiger partial charge is 0.494 e. The lowest BCUT2D eigenvalue weighted by molar-refractivity contribution is -0.118. The SMILES string of the molecule is CCOc1ccc(-n2c(SCC(=O)NN=Cc3cc(Br)ccc3F)nnc2-c2ccccc2)cc1. The first-order valence-electron chi connectivity index (χ1n) is 10.7. The molecule has 0 unspecified atom stereocenters. The molecule has 7 nitrogen and oxygen atoms in total. The molecule has 0 aliphatic carbocycles. The third-order valence-electron chi connectivity index (χ3n) is 4.75. The van der Waals surface area contributed by atoms with Crippen molar-refractivity contribution in [2.75, 3.05) is 12.4 Å². The molecule has 0 radical (unpaired) electrons. The van der Waals surface area contributed by atoms with Crippen molar-refractivity contribution in [2.45, 2.75) is 12.1 Å². The summed E-state index contributed by atoms with van der Waals surface area (Å²) in [6, 6.07) is 21.8. The monoisotopic (exact) mass is 553 g/mol. The maximum atomic E-state index is 13.8. The maximum absolute atomic E-state index is 13.8. The fourth-order valence-electron chi connectivity index (χ4n) is 3.18. The van der Waals surface area contributed by atoms with Crippen molar-refractivity contribution in [1.82, 2.24) is 20.2 Å². The molecule has 4 aromatic rings. The fourth-order valence-corrected chi connectivity index (χ4v) is 4.30. The molecule has 0 saturated heterocycles. The van der Waals surface area contributed by atoms with Crippen LogP contribution in [0.2, 0.25) is 0 Å². The molecular weight excluding hydrogens is 533 g/mol. The van der Waals surface area contributed by atoms with Gasteiger partial charge in [-0.1, -0.05) is 58.0 Å². The molecule has 3 aromatic carbocycles. The van der Waals surface area contributed by atoms with Crippen molar-refractivity contribution in [3.63, 3.8) is 0 Å². The van der Waals surface area contributed by atoms with E-state index in [0.29, 0.717) is 22.1 Å². The van der Waals surface area contributed by atoms with E-state index in [4.69, 9.17) is 4.74 Å². The van der Waals surface area contributed by atoms with E-state index in [1.54, 1.807) is 12.1 Å². The van der Waals surface area contributed by atoms with Crippen LogP contribution in [-0.2, 0) is 4.79 Å². The molecule has 1 aromatic heterocycles. The second kappa shape index (κ2) is 11.8. The van der Waals surface area contributed by atoms with Crippen molar-refractivity contribution < 1.29 is 13.9 Å². The van der Waals surface area contributed by atoms with E-state index in [-0.39, 0.29) is 17.2 Å². The number of carbonyl (C=O) groups is 1. The highest BCUT2D eigenvalue weighted by molar-refractivity contribution is 9.10. The fraction of sp³-hybridized carbons (Fsp3) is 0.120. The first kappa shape index (κ1) is 24.6. The van der Waals surface area contributed by atoms with Gasteiger partial charge < -0.3 is 4.74 Å². The smallest absolute Gasteiger partial charge is 0.250 e. The number of hydrazone groups is 1. The van der Waals surface area contributed by atoms with Crippen LogP contribution in [0.4, 0.5) is 4.39 Å². The van der Waals surface area contributed by atoms with Gasteiger partial charge in [0.25, 0.3) is 5.91 Å². The van der Waals surface area contributed by atoms with E-state index in [1.165, 1.54) is 24.0 Å². The number of halogens is 2. The third kappa shape index (κ3) is 6.34. The third-order valence-corrected chi connectivity index (χ3v) is 6.18. The number of ether oxygens (including phenoxy) is 1. The molecule has 35 heavy (non-hydrogen) atoms. The highest BCUT2D eigenvalue weighted by atomic mass is 79.9. The Morgan fingerprint density at radius 3 is 2.66 bits per heavy atom.